The Kier molecular flexibility index (Phi) is 3.24. The summed E-state index contributed by atoms with van der Waals surface area (Å²) in [4.78, 5) is 0. The number of hydrogen-bond acceptors (Lipinski definition) is 0. The Hall–Kier alpha value is -2.86. The van der Waals surface area contributed by atoms with Gasteiger partial charge in [-0.05, 0) is 62.4 Å². The molecule has 0 spiro atoms. The standard InChI is InChI=1S/C25H19/c1-2-17-13-20-9-5-11-22(24(20)14-17)23-12-6-10-21-15-18-7-3-4-8-19(18)16-25(21)23/h3-16H,2H2,1H3. The van der Waals surface area contributed by atoms with Gasteiger partial charge in [0.2, 0.25) is 0 Å². The van der Waals surface area contributed by atoms with Crippen molar-refractivity contribution in [1.29, 1.82) is 0 Å². The molecule has 0 aromatic heterocycles. The van der Waals surface area contributed by atoms with Crippen molar-refractivity contribution in [2.24, 2.45) is 0 Å². The third-order valence-electron chi connectivity index (χ3n) is 5.26. The van der Waals surface area contributed by atoms with E-state index in [9.17, 15) is 0 Å². The van der Waals surface area contributed by atoms with Crippen molar-refractivity contribution in [3.05, 3.63) is 95.9 Å². The molecule has 1 aliphatic rings. The fourth-order valence-electron chi connectivity index (χ4n) is 3.94. The summed E-state index contributed by atoms with van der Waals surface area (Å²) in [6.07, 6.45) is 5.75. The van der Waals surface area contributed by atoms with Gasteiger partial charge in [0.25, 0.3) is 0 Å². The third kappa shape index (κ3) is 2.29. The molecule has 4 aromatic carbocycles. The first kappa shape index (κ1) is 14.5. The van der Waals surface area contributed by atoms with Crippen molar-refractivity contribution in [3.63, 3.8) is 0 Å². The first-order valence-corrected chi connectivity index (χ1v) is 8.94. The van der Waals surface area contributed by atoms with Crippen molar-refractivity contribution in [2.75, 3.05) is 0 Å². The maximum Gasteiger partial charge on any atom is 0.0164 e. The lowest BCUT2D eigenvalue weighted by molar-refractivity contribution is 1.14. The summed E-state index contributed by atoms with van der Waals surface area (Å²) in [7, 11) is 0. The van der Waals surface area contributed by atoms with Gasteiger partial charge in [-0.2, -0.15) is 0 Å². The largest absolute Gasteiger partial charge is 0.0616 e. The topological polar surface area (TPSA) is 0 Å². The summed E-state index contributed by atoms with van der Waals surface area (Å²) in [5, 5.41) is 5.22. The molecule has 0 bridgehead atoms. The van der Waals surface area contributed by atoms with Gasteiger partial charge in [0, 0.05) is 6.42 Å². The molecule has 0 saturated carbocycles. The summed E-state index contributed by atoms with van der Waals surface area (Å²) >= 11 is 0. The Balaban J connectivity index is 1.81. The van der Waals surface area contributed by atoms with E-state index in [0.29, 0.717) is 0 Å². The highest BCUT2D eigenvalue weighted by Crippen LogP contribution is 2.39. The highest BCUT2D eigenvalue weighted by Gasteiger charge is 2.17. The second-order valence-corrected chi connectivity index (χ2v) is 6.75. The number of hydrogen-bond donors (Lipinski definition) is 0. The van der Waals surface area contributed by atoms with Crippen molar-refractivity contribution in [1.82, 2.24) is 0 Å². The minimum Gasteiger partial charge on any atom is -0.0616 e. The molecule has 0 atom stereocenters. The van der Waals surface area contributed by atoms with Crippen LogP contribution in [0.2, 0.25) is 0 Å². The zero-order valence-corrected chi connectivity index (χ0v) is 14.3. The minimum atomic E-state index is 1.08. The van der Waals surface area contributed by atoms with E-state index in [1.807, 2.05) is 0 Å². The monoisotopic (exact) mass is 319 g/mol. The number of benzene rings is 4. The summed E-state index contributed by atoms with van der Waals surface area (Å²) in [6.45, 7) is 2.22. The minimum absolute atomic E-state index is 1.08. The van der Waals surface area contributed by atoms with E-state index in [1.165, 1.54) is 49.4 Å². The number of allylic oxidation sites excluding steroid dienone is 1. The molecule has 1 aliphatic carbocycles. The maximum absolute atomic E-state index is 2.35. The molecule has 119 valence electrons. The van der Waals surface area contributed by atoms with Crippen LogP contribution in [0, 0.1) is 6.42 Å². The van der Waals surface area contributed by atoms with Crippen LogP contribution in [0.3, 0.4) is 0 Å². The average Bonchev–Trinajstić information content (AvgIpc) is 3.09. The zero-order valence-electron chi connectivity index (χ0n) is 14.3. The quantitative estimate of drug-likeness (QED) is 0.348. The van der Waals surface area contributed by atoms with Gasteiger partial charge in [-0.25, -0.2) is 0 Å². The summed E-state index contributed by atoms with van der Waals surface area (Å²) in [5.74, 6) is 0. The lowest BCUT2D eigenvalue weighted by Crippen LogP contribution is -1.88. The van der Waals surface area contributed by atoms with Crippen LogP contribution in [0.15, 0.2) is 78.4 Å². The van der Waals surface area contributed by atoms with Crippen molar-refractivity contribution < 1.29 is 0 Å². The third-order valence-corrected chi connectivity index (χ3v) is 5.26. The predicted molar refractivity (Wildman–Crippen MR) is 109 cm³/mol. The van der Waals surface area contributed by atoms with Crippen LogP contribution in [0.5, 0.6) is 0 Å². The summed E-state index contributed by atoms with van der Waals surface area (Å²) < 4.78 is 0. The molecule has 25 heavy (non-hydrogen) atoms. The van der Waals surface area contributed by atoms with Gasteiger partial charge < -0.3 is 0 Å². The number of rotatable bonds is 2. The summed E-state index contributed by atoms with van der Waals surface area (Å²) in [5.41, 5.74) is 6.76. The van der Waals surface area contributed by atoms with Crippen LogP contribution in [0.25, 0.3) is 38.7 Å². The molecule has 0 fully saturated rings. The van der Waals surface area contributed by atoms with Crippen LogP contribution in [-0.2, 0) is 0 Å². The molecule has 0 N–H and O–H groups in total. The Morgan fingerprint density at radius 2 is 1.40 bits per heavy atom. The lowest BCUT2D eigenvalue weighted by Gasteiger charge is -2.12. The summed E-state index contributed by atoms with van der Waals surface area (Å²) in [6, 6.07) is 26.5. The molecule has 1 radical (unpaired) electrons. The van der Waals surface area contributed by atoms with Gasteiger partial charge in [-0.3, -0.25) is 0 Å². The molecule has 5 rings (SSSR count). The van der Waals surface area contributed by atoms with Gasteiger partial charge in [-0.1, -0.05) is 79.2 Å². The molecule has 0 saturated heterocycles. The van der Waals surface area contributed by atoms with E-state index in [-0.39, 0.29) is 0 Å². The van der Waals surface area contributed by atoms with Gasteiger partial charge in [0.15, 0.2) is 0 Å². The first-order valence-electron chi connectivity index (χ1n) is 8.94. The molecular formula is C25H19. The van der Waals surface area contributed by atoms with Crippen LogP contribution in [0.1, 0.15) is 24.5 Å². The maximum atomic E-state index is 2.35. The Bertz CT molecular complexity index is 1150. The Morgan fingerprint density at radius 1 is 0.680 bits per heavy atom. The molecule has 0 unspecified atom stereocenters. The van der Waals surface area contributed by atoms with Crippen LogP contribution < -0.4 is 0 Å². The highest BCUT2D eigenvalue weighted by atomic mass is 14.2. The van der Waals surface area contributed by atoms with E-state index < -0.39 is 0 Å². The molecule has 0 heteroatoms. The fraction of sp³-hybridized carbons (Fsp3) is 0.0800. The van der Waals surface area contributed by atoms with Crippen molar-refractivity contribution in [3.8, 4) is 11.1 Å². The molecule has 0 nitrogen and oxygen atoms in total. The lowest BCUT2D eigenvalue weighted by atomic mass is 9.92. The molecular weight excluding hydrogens is 300 g/mol. The van der Waals surface area contributed by atoms with E-state index in [4.69, 9.17) is 0 Å². The second kappa shape index (κ2) is 5.60. The van der Waals surface area contributed by atoms with E-state index in [0.717, 1.165) is 6.42 Å². The average molecular weight is 319 g/mol. The Morgan fingerprint density at radius 3 is 2.24 bits per heavy atom. The molecule has 0 heterocycles. The molecule has 0 amide bonds. The number of fused-ring (bicyclic) bond motifs is 3. The van der Waals surface area contributed by atoms with Crippen LogP contribution in [-0.4, -0.2) is 0 Å². The van der Waals surface area contributed by atoms with E-state index in [1.54, 1.807) is 0 Å². The normalized spacial score (nSPS) is 13.2. The van der Waals surface area contributed by atoms with Crippen molar-refractivity contribution >= 4 is 27.6 Å². The molecule has 0 aliphatic heterocycles. The molecule has 4 aromatic rings. The van der Waals surface area contributed by atoms with Crippen LogP contribution >= 0.6 is 0 Å². The van der Waals surface area contributed by atoms with Crippen molar-refractivity contribution in [2.45, 2.75) is 13.3 Å². The zero-order chi connectivity index (χ0) is 16.8. The van der Waals surface area contributed by atoms with Gasteiger partial charge >= 0.3 is 0 Å². The predicted octanol–water partition coefficient (Wildman–Crippen LogP) is 7.02. The smallest absolute Gasteiger partial charge is 0.0164 e. The van der Waals surface area contributed by atoms with Gasteiger partial charge in [-0.15, -0.1) is 0 Å². The fourth-order valence-corrected chi connectivity index (χ4v) is 3.94. The van der Waals surface area contributed by atoms with Gasteiger partial charge in [0.1, 0.15) is 0 Å². The van der Waals surface area contributed by atoms with Gasteiger partial charge in [0.05, 0.1) is 0 Å². The Labute approximate surface area is 148 Å². The highest BCUT2D eigenvalue weighted by molar-refractivity contribution is 6.06. The van der Waals surface area contributed by atoms with Crippen LogP contribution in [0.4, 0.5) is 0 Å². The van der Waals surface area contributed by atoms with E-state index >= 15 is 0 Å². The van der Waals surface area contributed by atoms with E-state index in [2.05, 4.69) is 92.2 Å². The first-order chi connectivity index (χ1) is 12.3. The SMILES string of the molecule is CCC1=Cc2c(cccc2-c2cccc3cc4ccccc4cc23)[CH]1. The second-order valence-electron chi connectivity index (χ2n) is 6.75.